The molecule has 6 heteroatoms. The first-order valence-electron chi connectivity index (χ1n) is 5.95. The van der Waals surface area contributed by atoms with E-state index < -0.39 is 17.4 Å². The van der Waals surface area contributed by atoms with Gasteiger partial charge in [-0.2, -0.15) is 0 Å². The zero-order valence-corrected chi connectivity index (χ0v) is 12.4. The molecule has 0 saturated heterocycles. The molecule has 1 aromatic rings. The van der Waals surface area contributed by atoms with Gasteiger partial charge in [0.25, 0.3) is 5.91 Å². The maximum Gasteiger partial charge on any atom is 0.329 e. The van der Waals surface area contributed by atoms with Crippen molar-refractivity contribution in [1.82, 2.24) is 5.32 Å². The van der Waals surface area contributed by atoms with Crippen molar-refractivity contribution in [3.63, 3.8) is 0 Å². The van der Waals surface area contributed by atoms with Crippen LogP contribution in [0.4, 0.5) is 0 Å². The summed E-state index contributed by atoms with van der Waals surface area (Å²) in [5, 5.41) is 12.5. The molecule has 102 valence electrons. The number of amides is 1. The lowest BCUT2D eigenvalue weighted by Gasteiger charge is -2.25. The molecule has 0 heterocycles. The first kappa shape index (κ1) is 14.3. The minimum atomic E-state index is -1.13. The summed E-state index contributed by atoms with van der Waals surface area (Å²) in [6, 6.07) is 4.79. The molecular formula is C13H13BrClNO3. The lowest BCUT2D eigenvalue weighted by atomic mass is 9.97. The monoisotopic (exact) mass is 345 g/mol. The number of halogens is 2. The summed E-state index contributed by atoms with van der Waals surface area (Å²) in [6.07, 6.45) is 2.57. The largest absolute Gasteiger partial charge is 0.480 e. The van der Waals surface area contributed by atoms with E-state index in [1.807, 2.05) is 0 Å². The highest BCUT2D eigenvalue weighted by Crippen LogP contribution is 2.31. The number of benzene rings is 1. The fourth-order valence-electron chi connectivity index (χ4n) is 2.33. The van der Waals surface area contributed by atoms with Gasteiger partial charge in [0.1, 0.15) is 5.54 Å². The molecule has 0 spiro atoms. The molecule has 0 unspecified atom stereocenters. The molecule has 1 fully saturated rings. The molecule has 1 aliphatic rings. The maximum atomic E-state index is 12.2. The Hall–Kier alpha value is -1.07. The molecule has 0 atom stereocenters. The molecule has 2 rings (SSSR count). The summed E-state index contributed by atoms with van der Waals surface area (Å²) >= 11 is 9.07. The second kappa shape index (κ2) is 5.51. The topological polar surface area (TPSA) is 66.4 Å². The second-order valence-corrected chi connectivity index (χ2v) is 5.96. The summed E-state index contributed by atoms with van der Waals surface area (Å²) in [4.78, 5) is 23.6. The summed E-state index contributed by atoms with van der Waals surface area (Å²) in [7, 11) is 0. The van der Waals surface area contributed by atoms with E-state index in [1.54, 1.807) is 18.2 Å². The molecule has 2 N–H and O–H groups in total. The van der Waals surface area contributed by atoms with Crippen molar-refractivity contribution in [3.8, 4) is 0 Å². The normalized spacial score (nSPS) is 17.2. The van der Waals surface area contributed by atoms with Gasteiger partial charge in [-0.1, -0.05) is 24.4 Å². The van der Waals surface area contributed by atoms with Crippen LogP contribution in [0, 0.1) is 0 Å². The molecule has 0 aliphatic heterocycles. The third-order valence-corrected chi connectivity index (χ3v) is 4.29. The lowest BCUT2D eigenvalue weighted by molar-refractivity contribution is -0.144. The van der Waals surface area contributed by atoms with E-state index >= 15 is 0 Å². The van der Waals surface area contributed by atoms with Crippen molar-refractivity contribution < 1.29 is 14.7 Å². The van der Waals surface area contributed by atoms with Crippen LogP contribution < -0.4 is 5.32 Å². The van der Waals surface area contributed by atoms with Crippen molar-refractivity contribution in [2.24, 2.45) is 0 Å². The average Bonchev–Trinajstić information content (AvgIpc) is 2.78. The van der Waals surface area contributed by atoms with Crippen molar-refractivity contribution >= 4 is 39.4 Å². The predicted octanol–water partition coefficient (Wildman–Crippen LogP) is 3.23. The van der Waals surface area contributed by atoms with Gasteiger partial charge in [0, 0.05) is 9.50 Å². The Morgan fingerprint density at radius 3 is 2.47 bits per heavy atom. The van der Waals surface area contributed by atoms with Crippen LogP contribution in [-0.2, 0) is 4.79 Å². The number of carbonyl (C=O) groups is 2. The van der Waals surface area contributed by atoms with Gasteiger partial charge in [-0.3, -0.25) is 4.79 Å². The third kappa shape index (κ3) is 2.92. The van der Waals surface area contributed by atoms with Gasteiger partial charge >= 0.3 is 5.97 Å². The van der Waals surface area contributed by atoms with E-state index in [0.29, 0.717) is 27.9 Å². The number of carboxylic acid groups (broad SMARTS) is 1. The third-order valence-electron chi connectivity index (χ3n) is 3.40. The Morgan fingerprint density at radius 1 is 1.32 bits per heavy atom. The highest BCUT2D eigenvalue weighted by molar-refractivity contribution is 9.10. The van der Waals surface area contributed by atoms with E-state index in [2.05, 4.69) is 21.2 Å². The Kier molecular flexibility index (Phi) is 4.16. The van der Waals surface area contributed by atoms with E-state index in [0.717, 1.165) is 12.8 Å². The van der Waals surface area contributed by atoms with E-state index in [4.69, 9.17) is 11.6 Å². The van der Waals surface area contributed by atoms with Crippen LogP contribution in [0.3, 0.4) is 0 Å². The minimum absolute atomic E-state index is 0.386. The van der Waals surface area contributed by atoms with Gasteiger partial charge in [-0.15, -0.1) is 0 Å². The number of hydrogen-bond acceptors (Lipinski definition) is 2. The van der Waals surface area contributed by atoms with Crippen LogP contribution in [0.2, 0.25) is 5.02 Å². The molecule has 1 aromatic carbocycles. The zero-order valence-electron chi connectivity index (χ0n) is 10.1. The summed E-state index contributed by atoms with van der Waals surface area (Å²) in [5.74, 6) is -1.36. The highest BCUT2D eigenvalue weighted by Gasteiger charge is 2.42. The zero-order chi connectivity index (χ0) is 14.0. The molecule has 1 amide bonds. The fraction of sp³-hybridized carbons (Fsp3) is 0.385. The summed E-state index contributed by atoms with van der Waals surface area (Å²) < 4.78 is 0.552. The quantitative estimate of drug-likeness (QED) is 0.883. The Labute approximate surface area is 124 Å². The molecule has 1 saturated carbocycles. The number of carbonyl (C=O) groups excluding carboxylic acids is 1. The van der Waals surface area contributed by atoms with E-state index in [9.17, 15) is 14.7 Å². The first-order valence-corrected chi connectivity index (χ1v) is 7.13. The number of carboxylic acids is 1. The fourth-order valence-corrected chi connectivity index (χ4v) is 3.19. The van der Waals surface area contributed by atoms with Gasteiger partial charge in [0.15, 0.2) is 0 Å². The van der Waals surface area contributed by atoms with Crippen molar-refractivity contribution in [3.05, 3.63) is 33.3 Å². The van der Waals surface area contributed by atoms with Crippen molar-refractivity contribution in [2.75, 3.05) is 0 Å². The number of rotatable bonds is 3. The Bertz CT molecular complexity index is 527. The van der Waals surface area contributed by atoms with E-state index in [1.165, 1.54) is 0 Å². The minimum Gasteiger partial charge on any atom is -0.480 e. The van der Waals surface area contributed by atoms with Gasteiger partial charge in [-0.25, -0.2) is 4.79 Å². The van der Waals surface area contributed by atoms with Crippen molar-refractivity contribution in [2.45, 2.75) is 31.2 Å². The molecule has 4 nitrogen and oxygen atoms in total. The molecular weight excluding hydrogens is 334 g/mol. The summed E-state index contributed by atoms with van der Waals surface area (Å²) in [5.41, 5.74) is -0.743. The lowest BCUT2D eigenvalue weighted by Crippen LogP contribution is -2.52. The smallest absolute Gasteiger partial charge is 0.329 e. The summed E-state index contributed by atoms with van der Waals surface area (Å²) in [6.45, 7) is 0. The van der Waals surface area contributed by atoms with Crippen LogP contribution in [0.5, 0.6) is 0 Å². The molecule has 1 aliphatic carbocycles. The first-order chi connectivity index (χ1) is 8.94. The number of nitrogens with one attached hydrogen (secondary N) is 1. The van der Waals surface area contributed by atoms with Crippen LogP contribution in [-0.4, -0.2) is 22.5 Å². The van der Waals surface area contributed by atoms with Gasteiger partial charge in [0.2, 0.25) is 0 Å². The van der Waals surface area contributed by atoms with Crippen LogP contribution in [0.1, 0.15) is 36.0 Å². The van der Waals surface area contributed by atoms with Gasteiger partial charge in [0.05, 0.1) is 5.56 Å². The van der Waals surface area contributed by atoms with Crippen LogP contribution in [0.25, 0.3) is 0 Å². The van der Waals surface area contributed by atoms with Crippen molar-refractivity contribution in [1.29, 1.82) is 0 Å². The maximum absolute atomic E-state index is 12.2. The average molecular weight is 347 g/mol. The highest BCUT2D eigenvalue weighted by atomic mass is 79.9. The second-order valence-electron chi connectivity index (χ2n) is 4.67. The molecule has 19 heavy (non-hydrogen) atoms. The van der Waals surface area contributed by atoms with Crippen LogP contribution in [0.15, 0.2) is 22.7 Å². The Balaban J connectivity index is 2.22. The van der Waals surface area contributed by atoms with Gasteiger partial charge < -0.3 is 10.4 Å². The number of aliphatic carboxylic acids is 1. The standard InChI is InChI=1S/C13H13BrClNO3/c14-10-7-8(15)3-4-9(10)11(17)16-13(12(18)19)5-1-2-6-13/h3-4,7H,1-2,5-6H2,(H,16,17)(H,18,19). The van der Waals surface area contributed by atoms with E-state index in [-0.39, 0.29) is 0 Å². The van der Waals surface area contributed by atoms with Crippen LogP contribution >= 0.6 is 27.5 Å². The molecule has 0 bridgehead atoms. The Morgan fingerprint density at radius 2 is 1.95 bits per heavy atom. The number of hydrogen-bond donors (Lipinski definition) is 2. The van der Waals surface area contributed by atoms with Gasteiger partial charge in [-0.05, 0) is 47.0 Å². The SMILES string of the molecule is O=C(NC1(C(=O)O)CCCC1)c1ccc(Cl)cc1Br. The molecule has 0 radical (unpaired) electrons. The molecule has 0 aromatic heterocycles. The predicted molar refractivity (Wildman–Crippen MR) is 75.5 cm³/mol.